The number of thiophene rings is 1. The molecule has 0 saturated heterocycles. The number of hydrogen-bond acceptors (Lipinski definition) is 4. The van der Waals surface area contributed by atoms with Crippen molar-refractivity contribution in [3.05, 3.63) is 15.8 Å². The Morgan fingerprint density at radius 3 is 2.57 bits per heavy atom. The summed E-state index contributed by atoms with van der Waals surface area (Å²) in [6.45, 7) is 5.77. The minimum Gasteiger partial charge on any atom is -0.349 e. The summed E-state index contributed by atoms with van der Waals surface area (Å²) >= 11 is 1.15. The first-order valence-corrected chi connectivity index (χ1v) is 9.56. The van der Waals surface area contributed by atoms with Crippen LogP contribution in [-0.2, 0) is 10.0 Å². The molecule has 120 valence electrons. The van der Waals surface area contributed by atoms with Crippen LogP contribution in [0.4, 0.5) is 0 Å². The predicted octanol–water partition coefficient (Wildman–Crippen LogP) is 2.79. The Hall–Kier alpha value is -0.920. The first kappa shape index (κ1) is 18.1. The zero-order chi connectivity index (χ0) is 16.0. The third kappa shape index (κ3) is 5.76. The van der Waals surface area contributed by atoms with Crippen LogP contribution in [0, 0.1) is 6.92 Å². The van der Waals surface area contributed by atoms with Gasteiger partial charge in [-0.3, -0.25) is 4.79 Å². The molecular weight excluding hydrogens is 308 g/mol. The van der Waals surface area contributed by atoms with E-state index in [4.69, 9.17) is 5.14 Å². The Morgan fingerprint density at radius 1 is 1.38 bits per heavy atom. The fourth-order valence-corrected chi connectivity index (χ4v) is 4.15. The molecular formula is C14H24N2O3S2. The molecule has 1 aromatic rings. The van der Waals surface area contributed by atoms with Gasteiger partial charge in [0.15, 0.2) is 0 Å². The highest BCUT2D eigenvalue weighted by Gasteiger charge is 2.19. The van der Waals surface area contributed by atoms with E-state index in [0.717, 1.165) is 24.2 Å². The van der Waals surface area contributed by atoms with E-state index in [1.807, 2.05) is 6.92 Å². The van der Waals surface area contributed by atoms with Crippen LogP contribution < -0.4 is 10.5 Å². The van der Waals surface area contributed by atoms with Crippen molar-refractivity contribution in [3.8, 4) is 0 Å². The number of primary sulfonamides is 1. The molecule has 0 aromatic carbocycles. The number of carbonyl (C=O) groups excluding carboxylic acids is 1. The Bertz CT molecular complexity index is 579. The van der Waals surface area contributed by atoms with Gasteiger partial charge in [0.2, 0.25) is 10.0 Å². The van der Waals surface area contributed by atoms with Crippen LogP contribution in [0.5, 0.6) is 0 Å². The van der Waals surface area contributed by atoms with Gasteiger partial charge in [-0.2, -0.15) is 0 Å². The number of carbonyl (C=O) groups is 1. The summed E-state index contributed by atoms with van der Waals surface area (Å²) < 4.78 is 22.7. The molecule has 3 N–H and O–H groups in total. The number of nitrogens with two attached hydrogens (primary N) is 1. The molecule has 7 heteroatoms. The van der Waals surface area contributed by atoms with Crippen molar-refractivity contribution in [2.45, 2.75) is 63.8 Å². The number of rotatable bonds is 8. The summed E-state index contributed by atoms with van der Waals surface area (Å²) in [4.78, 5) is 13.1. The predicted molar refractivity (Wildman–Crippen MR) is 86.1 cm³/mol. The normalized spacial score (nSPS) is 13.1. The van der Waals surface area contributed by atoms with E-state index in [9.17, 15) is 13.2 Å². The largest absolute Gasteiger partial charge is 0.349 e. The maximum Gasteiger partial charge on any atom is 0.261 e. The molecule has 1 amide bonds. The number of unbranched alkanes of at least 4 members (excludes halogenated alkanes) is 3. The molecule has 0 radical (unpaired) electrons. The highest BCUT2D eigenvalue weighted by Crippen LogP contribution is 2.24. The lowest BCUT2D eigenvalue weighted by molar-refractivity contribution is 0.0942. The van der Waals surface area contributed by atoms with Crippen LogP contribution in [0.1, 0.15) is 60.5 Å². The highest BCUT2D eigenvalue weighted by atomic mass is 32.2. The molecule has 1 atom stereocenters. The van der Waals surface area contributed by atoms with Gasteiger partial charge in [0, 0.05) is 10.9 Å². The van der Waals surface area contributed by atoms with Gasteiger partial charge in [0.25, 0.3) is 5.91 Å². The summed E-state index contributed by atoms with van der Waals surface area (Å²) in [5, 5.41) is 8.01. The second-order valence-electron chi connectivity index (χ2n) is 5.30. The van der Waals surface area contributed by atoms with Gasteiger partial charge in [-0.05, 0) is 26.3 Å². The second kappa shape index (κ2) is 7.91. The van der Waals surface area contributed by atoms with Crippen LogP contribution in [0.2, 0.25) is 0 Å². The maximum absolute atomic E-state index is 12.1. The van der Waals surface area contributed by atoms with Crippen LogP contribution >= 0.6 is 11.3 Å². The minimum atomic E-state index is -3.76. The van der Waals surface area contributed by atoms with Gasteiger partial charge in [0.1, 0.15) is 0 Å². The summed E-state index contributed by atoms with van der Waals surface area (Å²) in [6, 6.07) is 1.43. The van der Waals surface area contributed by atoms with E-state index in [0.29, 0.717) is 9.75 Å². The summed E-state index contributed by atoms with van der Waals surface area (Å²) in [6.07, 6.45) is 5.58. The Kier molecular flexibility index (Phi) is 6.83. The van der Waals surface area contributed by atoms with Gasteiger partial charge < -0.3 is 5.32 Å². The molecule has 0 aliphatic carbocycles. The van der Waals surface area contributed by atoms with Crippen molar-refractivity contribution in [2.24, 2.45) is 5.14 Å². The van der Waals surface area contributed by atoms with E-state index in [2.05, 4.69) is 12.2 Å². The van der Waals surface area contributed by atoms with Gasteiger partial charge in [0.05, 0.1) is 9.77 Å². The summed E-state index contributed by atoms with van der Waals surface area (Å²) in [5.41, 5.74) is 0. The summed E-state index contributed by atoms with van der Waals surface area (Å²) in [7, 11) is -3.76. The fourth-order valence-electron chi connectivity index (χ4n) is 2.10. The van der Waals surface area contributed by atoms with Gasteiger partial charge >= 0.3 is 0 Å². The molecule has 1 aromatic heterocycles. The van der Waals surface area contributed by atoms with E-state index in [1.54, 1.807) is 6.92 Å². The first-order chi connectivity index (χ1) is 9.75. The van der Waals surface area contributed by atoms with Gasteiger partial charge in [-0.1, -0.05) is 32.6 Å². The van der Waals surface area contributed by atoms with Crippen molar-refractivity contribution < 1.29 is 13.2 Å². The zero-order valence-corrected chi connectivity index (χ0v) is 14.4. The molecule has 21 heavy (non-hydrogen) atoms. The lowest BCUT2D eigenvalue weighted by Crippen LogP contribution is -2.31. The van der Waals surface area contributed by atoms with Crippen LogP contribution in [-0.4, -0.2) is 20.4 Å². The Labute approximate surface area is 131 Å². The standard InChI is InChI=1S/C14H24N2O3S2/c1-4-5-6-7-8-10(2)16-14(17)12-9-13(11(3)20-12)21(15,18)19/h9-10H,4-8H2,1-3H3,(H,16,17)(H2,15,18,19). The molecule has 1 rings (SSSR count). The molecule has 5 nitrogen and oxygen atoms in total. The monoisotopic (exact) mass is 332 g/mol. The molecule has 0 fully saturated rings. The number of hydrogen-bond donors (Lipinski definition) is 2. The van der Waals surface area contributed by atoms with Gasteiger partial charge in [-0.25, -0.2) is 13.6 Å². The van der Waals surface area contributed by atoms with Crippen molar-refractivity contribution in [3.63, 3.8) is 0 Å². The molecule has 1 heterocycles. The van der Waals surface area contributed by atoms with Crippen LogP contribution in [0.3, 0.4) is 0 Å². The highest BCUT2D eigenvalue weighted by molar-refractivity contribution is 7.89. The van der Waals surface area contributed by atoms with E-state index in [-0.39, 0.29) is 16.8 Å². The van der Waals surface area contributed by atoms with E-state index >= 15 is 0 Å². The van der Waals surface area contributed by atoms with E-state index in [1.165, 1.54) is 25.3 Å². The third-order valence-electron chi connectivity index (χ3n) is 3.27. The molecule has 0 aliphatic rings. The molecule has 0 spiro atoms. The molecule has 0 aliphatic heterocycles. The lowest BCUT2D eigenvalue weighted by Gasteiger charge is -2.12. The molecule has 1 unspecified atom stereocenters. The van der Waals surface area contributed by atoms with Crippen molar-refractivity contribution in [1.82, 2.24) is 5.32 Å². The maximum atomic E-state index is 12.1. The summed E-state index contributed by atoms with van der Waals surface area (Å²) in [5.74, 6) is -0.235. The second-order valence-corrected chi connectivity index (χ2v) is 8.09. The quantitative estimate of drug-likeness (QED) is 0.717. The average molecular weight is 332 g/mol. The van der Waals surface area contributed by atoms with Gasteiger partial charge in [-0.15, -0.1) is 11.3 Å². The molecule has 0 bridgehead atoms. The fraction of sp³-hybridized carbons (Fsp3) is 0.643. The average Bonchev–Trinajstić information content (AvgIpc) is 2.77. The Morgan fingerprint density at radius 2 is 2.05 bits per heavy atom. The molecule has 0 saturated carbocycles. The lowest BCUT2D eigenvalue weighted by atomic mass is 10.1. The zero-order valence-electron chi connectivity index (χ0n) is 12.8. The van der Waals surface area contributed by atoms with Crippen molar-refractivity contribution in [2.75, 3.05) is 0 Å². The number of sulfonamides is 1. The minimum absolute atomic E-state index is 0.0354. The smallest absolute Gasteiger partial charge is 0.261 e. The van der Waals surface area contributed by atoms with Crippen molar-refractivity contribution >= 4 is 27.3 Å². The SMILES string of the molecule is CCCCCCC(C)NC(=O)c1cc(S(N)(=O)=O)c(C)s1. The van der Waals surface area contributed by atoms with Crippen molar-refractivity contribution in [1.29, 1.82) is 0 Å². The number of nitrogens with one attached hydrogen (secondary N) is 1. The number of aryl methyl sites for hydroxylation is 1. The third-order valence-corrected chi connectivity index (χ3v) is 5.49. The number of amides is 1. The first-order valence-electron chi connectivity index (χ1n) is 7.19. The van der Waals surface area contributed by atoms with Crippen LogP contribution in [0.15, 0.2) is 11.0 Å². The van der Waals surface area contributed by atoms with E-state index < -0.39 is 10.0 Å². The Balaban J connectivity index is 2.60. The topological polar surface area (TPSA) is 89.3 Å². The van der Waals surface area contributed by atoms with Crippen LogP contribution in [0.25, 0.3) is 0 Å².